The first kappa shape index (κ1) is 33.7. The molecular formula is C33H43BrO8. The molecule has 9 heteroatoms. The number of ether oxygens (including phenoxy) is 5. The minimum absolute atomic E-state index is 0.0776. The average Bonchev–Trinajstić information content (AvgIpc) is 2.89. The first-order valence-electron chi connectivity index (χ1n) is 14.3. The second-order valence-corrected chi connectivity index (χ2v) is 12.3. The maximum absolute atomic E-state index is 12.5. The number of methoxy groups -OCH3 is 1. The highest BCUT2D eigenvalue weighted by Gasteiger charge is 2.59. The fourth-order valence-corrected chi connectivity index (χ4v) is 6.45. The van der Waals surface area contributed by atoms with Crippen molar-refractivity contribution in [1.29, 1.82) is 0 Å². The molecule has 0 spiro atoms. The molecule has 6 atom stereocenters. The van der Waals surface area contributed by atoms with E-state index in [2.05, 4.69) is 29.8 Å². The van der Waals surface area contributed by atoms with E-state index in [0.717, 1.165) is 32.3 Å². The van der Waals surface area contributed by atoms with Gasteiger partial charge in [-0.1, -0.05) is 55.8 Å². The first-order chi connectivity index (χ1) is 19.7. The van der Waals surface area contributed by atoms with Gasteiger partial charge in [0.2, 0.25) is 5.79 Å². The molecule has 0 amide bonds. The number of halogens is 1. The van der Waals surface area contributed by atoms with E-state index in [9.17, 15) is 14.4 Å². The molecule has 8 nitrogen and oxygen atoms in total. The number of benzene rings is 2. The molecule has 0 bridgehead atoms. The molecule has 0 aliphatic carbocycles. The largest absolute Gasteiger partial charge is 0.458 e. The monoisotopic (exact) mass is 646 g/mol. The van der Waals surface area contributed by atoms with Gasteiger partial charge >= 0.3 is 17.9 Å². The van der Waals surface area contributed by atoms with Gasteiger partial charge in [0.05, 0.1) is 6.10 Å². The summed E-state index contributed by atoms with van der Waals surface area (Å²) in [5.74, 6) is -3.33. The second-order valence-electron chi connectivity index (χ2n) is 11.3. The van der Waals surface area contributed by atoms with Crippen molar-refractivity contribution in [2.75, 3.05) is 7.11 Å². The molecule has 0 saturated carbocycles. The van der Waals surface area contributed by atoms with Gasteiger partial charge < -0.3 is 23.7 Å². The summed E-state index contributed by atoms with van der Waals surface area (Å²) in [6.07, 6.45) is -2.47. The van der Waals surface area contributed by atoms with Crippen molar-refractivity contribution in [1.82, 2.24) is 0 Å². The Balaban J connectivity index is 2.40. The third-order valence-corrected chi connectivity index (χ3v) is 8.41. The number of aryl methyl sites for hydroxylation is 2. The van der Waals surface area contributed by atoms with Crippen LogP contribution >= 0.6 is 15.9 Å². The van der Waals surface area contributed by atoms with E-state index in [-0.39, 0.29) is 17.9 Å². The van der Waals surface area contributed by atoms with Gasteiger partial charge in [0.1, 0.15) is 6.10 Å². The number of carbonyl (C=O) groups excluding carboxylic acids is 3. The molecule has 0 aromatic heterocycles. The molecule has 2 aromatic rings. The van der Waals surface area contributed by atoms with Crippen LogP contribution in [0.15, 0.2) is 34.8 Å². The van der Waals surface area contributed by atoms with Crippen molar-refractivity contribution in [2.45, 2.75) is 105 Å². The van der Waals surface area contributed by atoms with Crippen molar-refractivity contribution in [3.63, 3.8) is 0 Å². The lowest BCUT2D eigenvalue weighted by molar-refractivity contribution is -0.356. The highest BCUT2D eigenvalue weighted by Crippen LogP contribution is 2.48. The van der Waals surface area contributed by atoms with Gasteiger partial charge in [-0.25, -0.2) is 0 Å². The van der Waals surface area contributed by atoms with Crippen LogP contribution in [0.1, 0.15) is 100 Å². The van der Waals surface area contributed by atoms with Gasteiger partial charge in [0, 0.05) is 55.0 Å². The molecular weight excluding hydrogens is 604 g/mol. The second kappa shape index (κ2) is 13.7. The highest BCUT2D eigenvalue weighted by molar-refractivity contribution is 9.10. The zero-order valence-corrected chi connectivity index (χ0v) is 27.8. The van der Waals surface area contributed by atoms with Gasteiger partial charge in [-0.15, -0.1) is 0 Å². The molecule has 0 N–H and O–H groups in total. The number of hydrogen-bond donors (Lipinski definition) is 0. The van der Waals surface area contributed by atoms with Crippen molar-refractivity contribution in [2.24, 2.45) is 5.92 Å². The number of carbonyl (C=O) groups is 3. The van der Waals surface area contributed by atoms with E-state index in [1.54, 1.807) is 0 Å². The normalized spacial score (nSPS) is 24.7. The van der Waals surface area contributed by atoms with Gasteiger partial charge in [0.25, 0.3) is 0 Å². The Morgan fingerprint density at radius 3 is 2.07 bits per heavy atom. The summed E-state index contributed by atoms with van der Waals surface area (Å²) in [7, 11) is 1.49. The van der Waals surface area contributed by atoms with Crippen LogP contribution in [-0.4, -0.2) is 43.3 Å². The molecule has 2 aromatic carbocycles. The smallest absolute Gasteiger partial charge is 0.303 e. The Hall–Kier alpha value is -2.75. The van der Waals surface area contributed by atoms with Crippen LogP contribution in [0, 0.1) is 19.8 Å². The maximum atomic E-state index is 12.5. The van der Waals surface area contributed by atoms with Crippen LogP contribution < -0.4 is 0 Å². The van der Waals surface area contributed by atoms with E-state index < -0.39 is 42.0 Å². The Morgan fingerprint density at radius 2 is 1.57 bits per heavy atom. The lowest BCUT2D eigenvalue weighted by atomic mass is 9.78. The average molecular weight is 648 g/mol. The quantitative estimate of drug-likeness (QED) is 0.213. The Morgan fingerprint density at radius 1 is 0.929 bits per heavy atom. The lowest BCUT2D eigenvalue weighted by Crippen LogP contribution is -2.63. The van der Waals surface area contributed by atoms with Crippen molar-refractivity contribution in [3.8, 4) is 0 Å². The first-order valence-corrected chi connectivity index (χ1v) is 15.1. The summed E-state index contributed by atoms with van der Waals surface area (Å²) in [6, 6.07) is 9.79. The SMILES string of the molecule is CC[C@H]1OC(OC)(c2cc(C(OC(C)=O)c3ccc(Br)cc3C)c(C(C)C)cc2C)[C@@H](OC(C)=O)[C@@H](OC(C)=O)[C@H]1C. The number of rotatable bonds is 9. The van der Waals surface area contributed by atoms with Crippen LogP contribution in [0.4, 0.5) is 0 Å². The summed E-state index contributed by atoms with van der Waals surface area (Å²) in [5, 5.41) is 0. The van der Waals surface area contributed by atoms with Crippen molar-refractivity contribution < 1.29 is 38.1 Å². The molecule has 2 unspecified atom stereocenters. The van der Waals surface area contributed by atoms with Crippen LogP contribution in [0.25, 0.3) is 0 Å². The molecule has 1 aliphatic heterocycles. The number of esters is 3. The molecule has 1 fully saturated rings. The van der Waals surface area contributed by atoms with Gasteiger partial charge in [-0.05, 0) is 61.1 Å². The van der Waals surface area contributed by atoms with Crippen LogP contribution in [0.5, 0.6) is 0 Å². The van der Waals surface area contributed by atoms with E-state index in [0.29, 0.717) is 12.0 Å². The minimum atomic E-state index is -1.62. The van der Waals surface area contributed by atoms with E-state index in [1.165, 1.54) is 27.9 Å². The Kier molecular flexibility index (Phi) is 11.0. The predicted octanol–water partition coefficient (Wildman–Crippen LogP) is 6.95. The summed E-state index contributed by atoms with van der Waals surface area (Å²) in [5.41, 5.74) is 4.91. The summed E-state index contributed by atoms with van der Waals surface area (Å²) in [4.78, 5) is 37.2. The molecule has 42 heavy (non-hydrogen) atoms. The van der Waals surface area contributed by atoms with Crippen LogP contribution in [0.3, 0.4) is 0 Å². The van der Waals surface area contributed by atoms with Crippen LogP contribution in [-0.2, 0) is 43.9 Å². The maximum Gasteiger partial charge on any atom is 0.303 e. The van der Waals surface area contributed by atoms with Gasteiger partial charge in [-0.3, -0.25) is 14.4 Å². The third-order valence-electron chi connectivity index (χ3n) is 7.91. The Bertz CT molecular complexity index is 1320. The van der Waals surface area contributed by atoms with Crippen molar-refractivity contribution in [3.05, 3.63) is 68.2 Å². The zero-order chi connectivity index (χ0) is 31.5. The van der Waals surface area contributed by atoms with E-state index in [4.69, 9.17) is 23.7 Å². The van der Waals surface area contributed by atoms with Gasteiger partial charge in [0.15, 0.2) is 12.2 Å². The molecule has 0 radical (unpaired) electrons. The minimum Gasteiger partial charge on any atom is -0.458 e. The molecule has 230 valence electrons. The topological polar surface area (TPSA) is 97.4 Å². The molecule has 3 rings (SSSR count). The number of hydrogen-bond acceptors (Lipinski definition) is 8. The summed E-state index contributed by atoms with van der Waals surface area (Å²) < 4.78 is 31.6. The molecule has 1 saturated heterocycles. The van der Waals surface area contributed by atoms with E-state index >= 15 is 0 Å². The standard InChI is InChI=1S/C33H43BrO8/c1-11-29-20(6)30(39-21(7)35)32(41-23(9)37)33(38-10,42-29)28-16-27(26(17(2)3)15-19(28)5)31(40-22(8)36)25-13-12-24(34)14-18(25)4/h12-17,20,29-32H,11H2,1-10H3/t20-,29+,30-,31?,32-,33?/m0/s1. The summed E-state index contributed by atoms with van der Waals surface area (Å²) >= 11 is 3.53. The lowest BCUT2D eigenvalue weighted by Gasteiger charge is -2.51. The van der Waals surface area contributed by atoms with E-state index in [1.807, 2.05) is 58.0 Å². The Labute approximate surface area is 257 Å². The molecule has 1 aliphatic rings. The third kappa shape index (κ3) is 6.90. The van der Waals surface area contributed by atoms with Crippen LogP contribution in [0.2, 0.25) is 0 Å². The molecule has 1 heterocycles. The fraction of sp³-hybridized carbons (Fsp3) is 0.545. The predicted molar refractivity (Wildman–Crippen MR) is 162 cm³/mol. The van der Waals surface area contributed by atoms with Crippen molar-refractivity contribution >= 4 is 33.8 Å². The zero-order valence-electron chi connectivity index (χ0n) is 26.2. The highest BCUT2D eigenvalue weighted by atomic mass is 79.9. The summed E-state index contributed by atoms with van der Waals surface area (Å²) in [6.45, 7) is 16.0. The fourth-order valence-electron chi connectivity index (χ4n) is 5.98. The van der Waals surface area contributed by atoms with Gasteiger partial charge in [-0.2, -0.15) is 0 Å².